The molecule has 0 aliphatic heterocycles. The zero-order valence-electron chi connectivity index (χ0n) is 25.1. The number of H-pyrrole nitrogens is 2. The number of unbranched alkanes of at least 4 members (excludes halogenated alkanes) is 1. The molecule has 2 aromatic heterocycles. The summed E-state index contributed by atoms with van der Waals surface area (Å²) in [5.74, 6) is -0.388. The van der Waals surface area contributed by atoms with Crippen LogP contribution in [0.4, 0.5) is 15.3 Å². The minimum Gasteiger partial charge on any atom is -0.444 e. The molecule has 11 heteroatoms. The third-order valence-corrected chi connectivity index (χ3v) is 6.88. The number of aryl methyl sites for hydroxylation is 1. The van der Waals surface area contributed by atoms with E-state index in [0.717, 1.165) is 27.4 Å². The highest BCUT2D eigenvalue weighted by Gasteiger charge is 2.21. The normalized spacial score (nSPS) is 12.1. The zero-order chi connectivity index (χ0) is 31.0. The molecule has 0 spiro atoms. The molecule has 1 atom stereocenters. The molecule has 0 fully saturated rings. The molecule has 1 unspecified atom stereocenters. The van der Waals surface area contributed by atoms with Gasteiger partial charge in [-0.15, -0.1) is 0 Å². The van der Waals surface area contributed by atoms with Crippen LogP contribution in [0, 0.1) is 6.92 Å². The van der Waals surface area contributed by atoms with Crippen LogP contribution >= 0.6 is 0 Å². The summed E-state index contributed by atoms with van der Waals surface area (Å²) in [5.41, 5.74) is 3.25. The third-order valence-electron chi connectivity index (χ3n) is 6.88. The predicted molar refractivity (Wildman–Crippen MR) is 168 cm³/mol. The van der Waals surface area contributed by atoms with Crippen LogP contribution < -0.4 is 26.8 Å². The number of aromatic nitrogens is 2. The summed E-state index contributed by atoms with van der Waals surface area (Å²) >= 11 is 0. The van der Waals surface area contributed by atoms with E-state index in [-0.39, 0.29) is 11.5 Å². The average Bonchev–Trinajstić information content (AvgIpc) is 3.34. The van der Waals surface area contributed by atoms with Gasteiger partial charge in [-0.05, 0) is 82.7 Å². The van der Waals surface area contributed by atoms with E-state index in [1.165, 1.54) is 6.07 Å². The van der Waals surface area contributed by atoms with E-state index >= 15 is 0 Å². The first kappa shape index (κ1) is 31.1. The number of alkyl carbamates (subject to hydrolysis) is 1. The molecule has 2 heterocycles. The number of urea groups is 1. The standard InChI is InChI=1S/C32H40N6O5/c1-20-17-28(39)37-27-18-22(12-13-23(20)27)36-29(40)26(11-7-8-15-34-31(42)43-32(2,3)4)38-30(41)33-16-14-21-19-35-25-10-6-5-9-24(21)25/h5-6,9-10,12-13,17-19,26,35H,7-8,11,14-16H2,1-4H3,(H,34,42)(H,36,40)(H,37,39)(H2,33,38,41). The number of ether oxygens (including phenoxy) is 1. The van der Waals surface area contributed by atoms with Crippen molar-refractivity contribution >= 4 is 45.5 Å². The lowest BCUT2D eigenvalue weighted by atomic mass is 10.1. The van der Waals surface area contributed by atoms with Crippen LogP contribution in [0.3, 0.4) is 0 Å². The van der Waals surface area contributed by atoms with Crippen molar-refractivity contribution in [2.75, 3.05) is 18.4 Å². The number of hydrogen-bond donors (Lipinski definition) is 6. The van der Waals surface area contributed by atoms with E-state index in [1.807, 2.05) is 43.5 Å². The van der Waals surface area contributed by atoms with E-state index in [2.05, 4.69) is 31.2 Å². The number of nitrogens with one attached hydrogen (secondary N) is 6. The summed E-state index contributed by atoms with van der Waals surface area (Å²) in [7, 11) is 0. The number of hydrogen-bond acceptors (Lipinski definition) is 5. The maximum Gasteiger partial charge on any atom is 0.407 e. The van der Waals surface area contributed by atoms with Crippen molar-refractivity contribution in [2.24, 2.45) is 0 Å². The van der Waals surface area contributed by atoms with E-state index < -0.39 is 23.8 Å². The Morgan fingerprint density at radius 2 is 1.72 bits per heavy atom. The second-order valence-corrected chi connectivity index (χ2v) is 11.6. The molecule has 0 bridgehead atoms. The van der Waals surface area contributed by atoms with Crippen LogP contribution in [0.15, 0.2) is 59.5 Å². The van der Waals surface area contributed by atoms with E-state index in [9.17, 15) is 19.2 Å². The molecule has 0 radical (unpaired) electrons. The summed E-state index contributed by atoms with van der Waals surface area (Å²) in [5, 5.41) is 13.2. The molecular weight excluding hydrogens is 548 g/mol. The highest BCUT2D eigenvalue weighted by molar-refractivity contribution is 5.98. The summed E-state index contributed by atoms with van der Waals surface area (Å²) in [6.07, 6.45) is 3.56. The van der Waals surface area contributed by atoms with Crippen LogP contribution in [-0.2, 0) is 16.0 Å². The lowest BCUT2D eigenvalue weighted by molar-refractivity contribution is -0.118. The van der Waals surface area contributed by atoms with E-state index in [1.54, 1.807) is 32.9 Å². The quantitative estimate of drug-likeness (QED) is 0.138. The molecule has 0 aliphatic carbocycles. The van der Waals surface area contributed by atoms with Gasteiger partial charge in [-0.25, -0.2) is 9.59 Å². The number of para-hydroxylation sites is 1. The fourth-order valence-electron chi connectivity index (χ4n) is 4.85. The Labute approximate surface area is 250 Å². The molecule has 4 rings (SSSR count). The van der Waals surface area contributed by atoms with E-state index in [4.69, 9.17) is 4.74 Å². The Morgan fingerprint density at radius 1 is 0.930 bits per heavy atom. The Hall–Kier alpha value is -4.80. The minimum absolute atomic E-state index is 0.225. The number of pyridine rings is 1. The maximum absolute atomic E-state index is 13.3. The van der Waals surface area contributed by atoms with Gasteiger partial charge in [0, 0.05) is 47.3 Å². The van der Waals surface area contributed by atoms with Gasteiger partial charge in [-0.2, -0.15) is 0 Å². The minimum atomic E-state index is -0.832. The molecule has 6 N–H and O–H groups in total. The molecule has 0 saturated heterocycles. The average molecular weight is 589 g/mol. The summed E-state index contributed by atoms with van der Waals surface area (Å²) in [4.78, 5) is 56.1. The van der Waals surface area contributed by atoms with Crippen LogP contribution in [-0.4, -0.2) is 52.7 Å². The van der Waals surface area contributed by atoms with Crippen molar-refractivity contribution < 1.29 is 19.1 Å². The molecule has 0 aliphatic rings. The molecule has 228 valence electrons. The fourth-order valence-corrected chi connectivity index (χ4v) is 4.85. The van der Waals surface area contributed by atoms with Crippen molar-refractivity contribution in [2.45, 2.75) is 65.0 Å². The zero-order valence-corrected chi connectivity index (χ0v) is 25.1. The number of benzene rings is 2. The van der Waals surface area contributed by atoms with Gasteiger partial charge < -0.3 is 36.0 Å². The number of carbonyl (C=O) groups excluding carboxylic acids is 3. The molecule has 2 aromatic carbocycles. The topological polar surface area (TPSA) is 157 Å². The number of carbonyl (C=O) groups is 3. The Bertz CT molecular complexity index is 1650. The molecule has 11 nitrogen and oxygen atoms in total. The van der Waals surface area contributed by atoms with Crippen molar-refractivity contribution in [1.29, 1.82) is 0 Å². The molecule has 43 heavy (non-hydrogen) atoms. The molecule has 0 saturated carbocycles. The molecule has 4 aromatic rings. The number of amides is 4. The summed E-state index contributed by atoms with van der Waals surface area (Å²) < 4.78 is 5.25. The largest absolute Gasteiger partial charge is 0.444 e. The van der Waals surface area contributed by atoms with Crippen LogP contribution in [0.25, 0.3) is 21.8 Å². The number of anilines is 1. The Balaban J connectivity index is 1.35. The number of rotatable bonds is 11. The predicted octanol–water partition coefficient (Wildman–Crippen LogP) is 4.86. The number of fused-ring (bicyclic) bond motifs is 2. The SMILES string of the molecule is Cc1cc(=O)[nH]c2cc(NC(=O)C(CCCCNC(=O)OC(C)(C)C)NC(=O)NCCc3c[nH]c4ccccc34)ccc12. The third kappa shape index (κ3) is 9.09. The van der Waals surface area contributed by atoms with Crippen LogP contribution in [0.5, 0.6) is 0 Å². The van der Waals surface area contributed by atoms with Gasteiger partial charge in [0.25, 0.3) is 0 Å². The lowest BCUT2D eigenvalue weighted by Gasteiger charge is -2.20. The van der Waals surface area contributed by atoms with Crippen molar-refractivity contribution in [3.63, 3.8) is 0 Å². The summed E-state index contributed by atoms with van der Waals surface area (Å²) in [6.45, 7) is 7.99. The van der Waals surface area contributed by atoms with Crippen molar-refractivity contribution in [1.82, 2.24) is 25.9 Å². The molecule has 4 amide bonds. The first-order valence-corrected chi connectivity index (χ1v) is 14.5. The van der Waals surface area contributed by atoms with Gasteiger partial charge >= 0.3 is 12.1 Å². The van der Waals surface area contributed by atoms with Gasteiger partial charge in [0.15, 0.2) is 0 Å². The van der Waals surface area contributed by atoms with Gasteiger partial charge in [0.05, 0.1) is 5.52 Å². The number of aromatic amines is 2. The first-order valence-electron chi connectivity index (χ1n) is 14.5. The molecular formula is C32H40N6O5. The highest BCUT2D eigenvalue weighted by Crippen LogP contribution is 2.20. The highest BCUT2D eigenvalue weighted by atomic mass is 16.6. The smallest absolute Gasteiger partial charge is 0.407 e. The van der Waals surface area contributed by atoms with Crippen molar-refractivity contribution in [3.05, 3.63) is 76.2 Å². The Morgan fingerprint density at radius 3 is 2.51 bits per heavy atom. The van der Waals surface area contributed by atoms with E-state index in [0.29, 0.717) is 50.0 Å². The van der Waals surface area contributed by atoms with Crippen LogP contribution in [0.2, 0.25) is 0 Å². The summed E-state index contributed by atoms with van der Waals surface area (Å²) in [6, 6.07) is 13.5. The van der Waals surface area contributed by atoms with Crippen molar-refractivity contribution in [3.8, 4) is 0 Å². The second-order valence-electron chi connectivity index (χ2n) is 11.6. The maximum atomic E-state index is 13.3. The monoisotopic (exact) mass is 588 g/mol. The fraction of sp³-hybridized carbons (Fsp3) is 0.375. The van der Waals surface area contributed by atoms with Gasteiger partial charge in [0.1, 0.15) is 11.6 Å². The van der Waals surface area contributed by atoms with Gasteiger partial charge in [-0.3, -0.25) is 9.59 Å². The van der Waals surface area contributed by atoms with Crippen LogP contribution in [0.1, 0.15) is 51.2 Å². The van der Waals surface area contributed by atoms with Gasteiger partial charge in [0.2, 0.25) is 11.5 Å². The van der Waals surface area contributed by atoms with Gasteiger partial charge in [-0.1, -0.05) is 24.3 Å². The first-order chi connectivity index (χ1) is 20.5. The Kier molecular flexibility index (Phi) is 10.1. The second kappa shape index (κ2) is 13.9. The lowest BCUT2D eigenvalue weighted by Crippen LogP contribution is -2.48.